The molecule has 2 amide bonds. The molecule has 1 saturated heterocycles. The van der Waals surface area contributed by atoms with Gasteiger partial charge in [-0.15, -0.1) is 11.3 Å². The Hall–Kier alpha value is -3.40. The quantitative estimate of drug-likeness (QED) is 0.524. The van der Waals surface area contributed by atoms with Crippen molar-refractivity contribution >= 4 is 23.2 Å². The summed E-state index contributed by atoms with van der Waals surface area (Å²) < 4.78 is 44.0. The van der Waals surface area contributed by atoms with Gasteiger partial charge < -0.3 is 14.5 Å². The molecule has 0 bridgehead atoms. The van der Waals surface area contributed by atoms with Crippen LogP contribution in [-0.4, -0.2) is 52.8 Å². The molecule has 2 aromatic carbocycles. The van der Waals surface area contributed by atoms with Gasteiger partial charge in [0.2, 0.25) is 0 Å². The van der Waals surface area contributed by atoms with E-state index in [9.17, 15) is 22.8 Å². The molecule has 1 aliphatic rings. The molecule has 3 aromatic rings. The number of aryl methyl sites for hydroxylation is 1. The standard InChI is InChI=1S/C24H22F3N3O3S/c1-16-28-20(15-34-16)14-33-21-4-2-3-18(13-21)23(32)30-11-9-29(10-12-30)22(31)17-5-7-19(8-6-17)24(25,26)27/h2-8,13,15H,9-12,14H2,1H3. The number of rotatable bonds is 5. The van der Waals surface area contributed by atoms with Crippen LogP contribution in [0.25, 0.3) is 0 Å². The molecule has 34 heavy (non-hydrogen) atoms. The van der Waals surface area contributed by atoms with Crippen molar-refractivity contribution in [3.8, 4) is 5.75 Å². The predicted molar refractivity (Wildman–Crippen MR) is 121 cm³/mol. The fraction of sp³-hybridized carbons (Fsp3) is 0.292. The number of carbonyl (C=O) groups is 2. The van der Waals surface area contributed by atoms with E-state index in [1.165, 1.54) is 12.1 Å². The lowest BCUT2D eigenvalue weighted by molar-refractivity contribution is -0.137. The van der Waals surface area contributed by atoms with Gasteiger partial charge in [0.25, 0.3) is 11.8 Å². The maximum atomic E-state index is 13.0. The largest absolute Gasteiger partial charge is 0.487 e. The molecule has 1 aromatic heterocycles. The van der Waals surface area contributed by atoms with E-state index < -0.39 is 11.7 Å². The summed E-state index contributed by atoms with van der Waals surface area (Å²) in [7, 11) is 0. The number of hydrogen-bond donors (Lipinski definition) is 0. The lowest BCUT2D eigenvalue weighted by Gasteiger charge is -2.35. The van der Waals surface area contributed by atoms with Crippen LogP contribution >= 0.6 is 11.3 Å². The fourth-order valence-electron chi connectivity index (χ4n) is 3.63. The molecule has 0 unspecified atom stereocenters. The molecule has 10 heteroatoms. The minimum Gasteiger partial charge on any atom is -0.487 e. The number of nitrogens with zero attached hydrogens (tertiary/aromatic N) is 3. The van der Waals surface area contributed by atoms with Crippen molar-refractivity contribution in [2.24, 2.45) is 0 Å². The summed E-state index contributed by atoms with van der Waals surface area (Å²) in [4.78, 5) is 33.2. The van der Waals surface area contributed by atoms with Gasteiger partial charge in [-0.2, -0.15) is 13.2 Å². The number of piperazine rings is 1. The Bertz CT molecular complexity index is 1170. The van der Waals surface area contributed by atoms with Gasteiger partial charge in [-0.3, -0.25) is 9.59 Å². The first-order valence-electron chi connectivity index (χ1n) is 10.6. The van der Waals surface area contributed by atoms with E-state index in [0.29, 0.717) is 44.1 Å². The monoisotopic (exact) mass is 489 g/mol. The summed E-state index contributed by atoms with van der Waals surface area (Å²) in [5.74, 6) is 0.0395. The average molecular weight is 490 g/mol. The minimum absolute atomic E-state index is 0.170. The van der Waals surface area contributed by atoms with Crippen molar-refractivity contribution in [1.82, 2.24) is 14.8 Å². The van der Waals surface area contributed by atoms with Crippen LogP contribution in [0.2, 0.25) is 0 Å². The molecule has 2 heterocycles. The Morgan fingerprint density at radius 3 is 2.15 bits per heavy atom. The van der Waals surface area contributed by atoms with Crippen molar-refractivity contribution < 1.29 is 27.5 Å². The molecule has 1 fully saturated rings. The van der Waals surface area contributed by atoms with Crippen LogP contribution in [0.1, 0.15) is 37.0 Å². The number of thiazole rings is 1. The van der Waals surface area contributed by atoms with E-state index in [2.05, 4.69) is 4.98 Å². The minimum atomic E-state index is -4.45. The zero-order valence-corrected chi connectivity index (χ0v) is 19.2. The summed E-state index contributed by atoms with van der Waals surface area (Å²) in [6.45, 7) is 3.48. The average Bonchev–Trinajstić information content (AvgIpc) is 3.26. The third kappa shape index (κ3) is 5.56. The zero-order chi connectivity index (χ0) is 24.3. The predicted octanol–water partition coefficient (Wildman–Crippen LogP) is 4.65. The molecule has 0 aliphatic carbocycles. The third-order valence-electron chi connectivity index (χ3n) is 5.45. The molecule has 0 saturated carbocycles. The van der Waals surface area contributed by atoms with Gasteiger partial charge in [-0.05, 0) is 49.4 Å². The lowest BCUT2D eigenvalue weighted by atomic mass is 10.1. The van der Waals surface area contributed by atoms with Gasteiger partial charge in [0.1, 0.15) is 12.4 Å². The van der Waals surface area contributed by atoms with Gasteiger partial charge >= 0.3 is 6.18 Å². The summed E-state index contributed by atoms with van der Waals surface area (Å²) in [5.41, 5.74) is 0.697. The third-order valence-corrected chi connectivity index (χ3v) is 6.27. The first-order valence-corrected chi connectivity index (χ1v) is 11.5. The van der Waals surface area contributed by atoms with Crippen molar-refractivity contribution in [3.63, 3.8) is 0 Å². The Balaban J connectivity index is 1.33. The van der Waals surface area contributed by atoms with E-state index in [4.69, 9.17) is 4.74 Å². The van der Waals surface area contributed by atoms with Crippen LogP contribution in [-0.2, 0) is 12.8 Å². The maximum absolute atomic E-state index is 13.0. The number of aromatic nitrogens is 1. The second-order valence-corrected chi connectivity index (χ2v) is 8.90. The Labute approximate surface area is 198 Å². The molecule has 6 nitrogen and oxygen atoms in total. The molecule has 4 rings (SSSR count). The molecular formula is C24H22F3N3O3S. The van der Waals surface area contributed by atoms with Gasteiger partial charge in [0, 0.05) is 42.7 Å². The van der Waals surface area contributed by atoms with Crippen molar-refractivity contribution in [2.45, 2.75) is 19.7 Å². The number of benzene rings is 2. The molecular weight excluding hydrogens is 467 g/mol. The molecule has 0 spiro atoms. The second-order valence-electron chi connectivity index (χ2n) is 7.83. The van der Waals surface area contributed by atoms with E-state index in [0.717, 1.165) is 22.8 Å². The van der Waals surface area contributed by atoms with Crippen LogP contribution in [0, 0.1) is 6.92 Å². The van der Waals surface area contributed by atoms with Gasteiger partial charge in [-0.1, -0.05) is 6.07 Å². The van der Waals surface area contributed by atoms with E-state index in [1.807, 2.05) is 12.3 Å². The van der Waals surface area contributed by atoms with Crippen LogP contribution < -0.4 is 4.74 Å². The summed E-state index contributed by atoms with van der Waals surface area (Å²) >= 11 is 1.54. The highest BCUT2D eigenvalue weighted by Crippen LogP contribution is 2.29. The van der Waals surface area contributed by atoms with E-state index in [-0.39, 0.29) is 17.4 Å². The second kappa shape index (κ2) is 9.84. The number of ether oxygens (including phenoxy) is 1. The van der Waals surface area contributed by atoms with Crippen molar-refractivity contribution in [1.29, 1.82) is 0 Å². The molecule has 0 N–H and O–H groups in total. The molecule has 0 atom stereocenters. The first-order chi connectivity index (χ1) is 16.2. The Morgan fingerprint density at radius 1 is 0.971 bits per heavy atom. The number of carbonyl (C=O) groups excluding carboxylic acids is 2. The highest BCUT2D eigenvalue weighted by Gasteiger charge is 2.31. The smallest absolute Gasteiger partial charge is 0.416 e. The van der Waals surface area contributed by atoms with Crippen molar-refractivity contribution in [2.75, 3.05) is 26.2 Å². The van der Waals surface area contributed by atoms with Gasteiger partial charge in [-0.25, -0.2) is 4.98 Å². The highest BCUT2D eigenvalue weighted by molar-refractivity contribution is 7.09. The van der Waals surface area contributed by atoms with Crippen molar-refractivity contribution in [3.05, 3.63) is 81.3 Å². The van der Waals surface area contributed by atoms with Gasteiger partial charge in [0.05, 0.1) is 16.3 Å². The maximum Gasteiger partial charge on any atom is 0.416 e. The normalized spacial score (nSPS) is 14.2. The summed E-state index contributed by atoms with van der Waals surface area (Å²) in [6, 6.07) is 11.1. The van der Waals surface area contributed by atoms with E-state index in [1.54, 1.807) is 45.4 Å². The van der Waals surface area contributed by atoms with Crippen LogP contribution in [0.3, 0.4) is 0 Å². The SMILES string of the molecule is Cc1nc(COc2cccc(C(=O)N3CCN(C(=O)c4ccc(C(F)(F)F)cc4)CC3)c2)cs1. The number of halogens is 3. The highest BCUT2D eigenvalue weighted by atomic mass is 32.1. The van der Waals surface area contributed by atoms with Gasteiger partial charge in [0.15, 0.2) is 0 Å². The lowest BCUT2D eigenvalue weighted by Crippen LogP contribution is -2.50. The number of amides is 2. The Morgan fingerprint density at radius 2 is 1.59 bits per heavy atom. The zero-order valence-electron chi connectivity index (χ0n) is 18.3. The number of hydrogen-bond acceptors (Lipinski definition) is 5. The van der Waals surface area contributed by atoms with Crippen LogP contribution in [0.5, 0.6) is 5.75 Å². The summed E-state index contributed by atoms with van der Waals surface area (Å²) in [6.07, 6.45) is -4.45. The van der Waals surface area contributed by atoms with Crippen LogP contribution in [0.15, 0.2) is 53.9 Å². The molecule has 178 valence electrons. The molecule has 1 aliphatic heterocycles. The number of alkyl halides is 3. The summed E-state index contributed by atoms with van der Waals surface area (Å²) in [5, 5.41) is 2.88. The topological polar surface area (TPSA) is 62.7 Å². The Kier molecular flexibility index (Phi) is 6.87. The molecule has 0 radical (unpaired) electrons. The van der Waals surface area contributed by atoms with E-state index >= 15 is 0 Å². The van der Waals surface area contributed by atoms with Crippen LogP contribution in [0.4, 0.5) is 13.2 Å². The first kappa shape index (κ1) is 23.7. The fourth-order valence-corrected chi connectivity index (χ4v) is 4.23.